The molecule has 0 aliphatic carbocycles. The first-order valence-electron chi connectivity index (χ1n) is 10.2. The first-order valence-corrected chi connectivity index (χ1v) is 10.2. The minimum absolute atomic E-state index is 0.216. The van der Waals surface area contributed by atoms with Crippen LogP contribution in [0.4, 0.5) is 0 Å². The standard InChI is InChI=1S/C26H16N2O6/c29-25(30)19-3-1-17-11-21(7-5-15(17)9-19)33-23-13-27-14-24(28-23)34-22-8-6-16-10-20(26(31)32)4-2-18(16)12-22/h1-14H,(H,29,30)(H,31,32). The molecule has 0 spiro atoms. The van der Waals surface area contributed by atoms with Gasteiger partial charge in [-0.05, 0) is 70.1 Å². The lowest BCUT2D eigenvalue weighted by Gasteiger charge is -2.09. The van der Waals surface area contributed by atoms with Gasteiger partial charge in [-0.15, -0.1) is 0 Å². The van der Waals surface area contributed by atoms with Gasteiger partial charge in [-0.25, -0.2) is 9.59 Å². The fourth-order valence-corrected chi connectivity index (χ4v) is 3.51. The van der Waals surface area contributed by atoms with Gasteiger partial charge >= 0.3 is 11.9 Å². The summed E-state index contributed by atoms with van der Waals surface area (Å²) in [4.78, 5) is 30.7. The quantitative estimate of drug-likeness (QED) is 0.334. The highest BCUT2D eigenvalue weighted by atomic mass is 16.5. The van der Waals surface area contributed by atoms with E-state index in [1.807, 2.05) is 0 Å². The van der Waals surface area contributed by atoms with E-state index >= 15 is 0 Å². The Morgan fingerprint density at radius 2 is 1.00 bits per heavy atom. The van der Waals surface area contributed by atoms with Gasteiger partial charge < -0.3 is 19.7 Å². The zero-order chi connectivity index (χ0) is 23.7. The van der Waals surface area contributed by atoms with Crippen molar-refractivity contribution in [2.24, 2.45) is 0 Å². The Hall–Kier alpha value is -4.98. The maximum Gasteiger partial charge on any atom is 0.335 e. The highest BCUT2D eigenvalue weighted by Gasteiger charge is 2.09. The van der Waals surface area contributed by atoms with Crippen molar-refractivity contribution < 1.29 is 29.3 Å². The number of carboxylic acid groups (broad SMARTS) is 2. The number of hydrogen-bond donors (Lipinski definition) is 2. The van der Waals surface area contributed by atoms with Gasteiger partial charge in [-0.3, -0.25) is 4.98 Å². The second-order valence-electron chi connectivity index (χ2n) is 7.46. The predicted octanol–water partition coefficient (Wildman–Crippen LogP) is 5.76. The summed E-state index contributed by atoms with van der Waals surface area (Å²) in [6.07, 6.45) is 2.91. The van der Waals surface area contributed by atoms with E-state index in [1.165, 1.54) is 24.5 Å². The Balaban J connectivity index is 1.35. The number of carboxylic acids is 2. The van der Waals surface area contributed by atoms with E-state index in [0.29, 0.717) is 11.5 Å². The molecule has 8 heteroatoms. The molecule has 1 aromatic heterocycles. The lowest BCUT2D eigenvalue weighted by atomic mass is 10.1. The van der Waals surface area contributed by atoms with Crippen LogP contribution in [0.3, 0.4) is 0 Å². The molecule has 0 atom stereocenters. The fraction of sp³-hybridized carbons (Fsp3) is 0. The summed E-state index contributed by atoms with van der Waals surface area (Å²) < 4.78 is 11.6. The van der Waals surface area contributed by atoms with Crippen LogP contribution in [0.2, 0.25) is 0 Å². The number of ether oxygens (including phenoxy) is 2. The third-order valence-electron chi connectivity index (χ3n) is 5.15. The molecule has 8 nitrogen and oxygen atoms in total. The largest absolute Gasteiger partial charge is 0.478 e. The van der Waals surface area contributed by atoms with E-state index in [9.17, 15) is 9.59 Å². The molecule has 0 saturated carbocycles. The number of aromatic carboxylic acids is 2. The smallest absolute Gasteiger partial charge is 0.335 e. The molecule has 0 saturated heterocycles. The van der Waals surface area contributed by atoms with Gasteiger partial charge in [0.15, 0.2) is 0 Å². The van der Waals surface area contributed by atoms with Crippen molar-refractivity contribution in [3.63, 3.8) is 0 Å². The number of benzene rings is 4. The van der Waals surface area contributed by atoms with Crippen LogP contribution < -0.4 is 9.47 Å². The highest BCUT2D eigenvalue weighted by Crippen LogP contribution is 2.28. The average molecular weight is 452 g/mol. The van der Waals surface area contributed by atoms with E-state index in [0.717, 1.165) is 21.5 Å². The van der Waals surface area contributed by atoms with Gasteiger partial charge in [0, 0.05) is 0 Å². The topological polar surface area (TPSA) is 119 Å². The van der Waals surface area contributed by atoms with Crippen LogP contribution in [0.15, 0.2) is 85.2 Å². The van der Waals surface area contributed by atoms with Crippen molar-refractivity contribution in [3.8, 4) is 23.3 Å². The fourth-order valence-electron chi connectivity index (χ4n) is 3.51. The summed E-state index contributed by atoms with van der Waals surface area (Å²) in [5.41, 5.74) is 0.431. The molecular weight excluding hydrogens is 436 g/mol. The Labute approximate surface area is 192 Å². The number of nitrogens with zero attached hydrogens (tertiary/aromatic N) is 2. The van der Waals surface area contributed by atoms with Crippen LogP contribution in [0.5, 0.6) is 23.3 Å². The van der Waals surface area contributed by atoms with Crippen LogP contribution in [-0.4, -0.2) is 32.1 Å². The number of carbonyl (C=O) groups is 2. The Kier molecular flexibility index (Phi) is 5.23. The zero-order valence-corrected chi connectivity index (χ0v) is 17.5. The lowest BCUT2D eigenvalue weighted by Crippen LogP contribution is -1.96. The van der Waals surface area contributed by atoms with Crippen LogP contribution in [0.25, 0.3) is 21.5 Å². The minimum atomic E-state index is -0.981. The van der Waals surface area contributed by atoms with Crippen molar-refractivity contribution in [3.05, 3.63) is 96.3 Å². The van der Waals surface area contributed by atoms with Crippen molar-refractivity contribution in [1.29, 1.82) is 0 Å². The van der Waals surface area contributed by atoms with E-state index in [1.54, 1.807) is 60.7 Å². The SMILES string of the molecule is O=C(O)c1ccc2cc(Oc3cncc(Oc4ccc5cc(C(=O)O)ccc5c4)n3)ccc2c1. The summed E-state index contributed by atoms with van der Waals surface area (Å²) in [6, 6.07) is 20.3. The van der Waals surface area contributed by atoms with Gasteiger partial charge in [-0.2, -0.15) is 4.98 Å². The summed E-state index contributed by atoms with van der Waals surface area (Å²) in [7, 11) is 0. The highest BCUT2D eigenvalue weighted by molar-refractivity contribution is 5.95. The molecule has 0 aliphatic rings. The van der Waals surface area contributed by atoms with Gasteiger partial charge in [0.05, 0.1) is 23.5 Å². The molecule has 0 fully saturated rings. The number of aromatic nitrogens is 2. The van der Waals surface area contributed by atoms with Crippen LogP contribution in [0, 0.1) is 0 Å². The van der Waals surface area contributed by atoms with E-state index in [-0.39, 0.29) is 22.9 Å². The molecule has 0 aliphatic heterocycles. The van der Waals surface area contributed by atoms with Gasteiger partial charge in [0.2, 0.25) is 11.8 Å². The molecule has 0 unspecified atom stereocenters. The zero-order valence-electron chi connectivity index (χ0n) is 17.5. The summed E-state index contributed by atoms with van der Waals surface area (Å²) >= 11 is 0. The van der Waals surface area contributed by atoms with E-state index < -0.39 is 11.9 Å². The second kappa shape index (κ2) is 8.51. The molecular formula is C26H16N2O6. The average Bonchev–Trinajstić information content (AvgIpc) is 2.83. The molecule has 5 aromatic rings. The minimum Gasteiger partial charge on any atom is -0.478 e. The summed E-state index contributed by atoms with van der Waals surface area (Å²) in [6.45, 7) is 0. The molecule has 34 heavy (non-hydrogen) atoms. The molecule has 0 bridgehead atoms. The molecule has 0 amide bonds. The molecule has 166 valence electrons. The Morgan fingerprint density at radius 3 is 1.44 bits per heavy atom. The molecule has 4 aromatic carbocycles. The molecule has 5 rings (SSSR count). The number of hydrogen-bond acceptors (Lipinski definition) is 6. The second-order valence-corrected chi connectivity index (χ2v) is 7.46. The van der Waals surface area contributed by atoms with Crippen molar-refractivity contribution in [2.75, 3.05) is 0 Å². The van der Waals surface area contributed by atoms with Crippen LogP contribution in [-0.2, 0) is 0 Å². The van der Waals surface area contributed by atoms with E-state index in [4.69, 9.17) is 19.7 Å². The normalized spacial score (nSPS) is 10.8. The third-order valence-corrected chi connectivity index (χ3v) is 5.15. The lowest BCUT2D eigenvalue weighted by molar-refractivity contribution is 0.0686. The van der Waals surface area contributed by atoms with E-state index in [2.05, 4.69) is 9.97 Å². The molecule has 2 N–H and O–H groups in total. The van der Waals surface area contributed by atoms with Gasteiger partial charge in [0.25, 0.3) is 0 Å². The number of rotatable bonds is 6. The number of fused-ring (bicyclic) bond motifs is 2. The molecule has 0 radical (unpaired) electrons. The Morgan fingerprint density at radius 1 is 0.588 bits per heavy atom. The first kappa shape index (κ1) is 20.9. The van der Waals surface area contributed by atoms with Crippen LogP contribution >= 0.6 is 0 Å². The summed E-state index contributed by atoms with van der Waals surface area (Å²) in [5.74, 6) is -0.475. The van der Waals surface area contributed by atoms with Crippen molar-refractivity contribution >= 4 is 33.5 Å². The predicted molar refractivity (Wildman–Crippen MR) is 124 cm³/mol. The maximum atomic E-state index is 11.1. The summed E-state index contributed by atoms with van der Waals surface area (Å²) in [5, 5.41) is 21.5. The monoisotopic (exact) mass is 452 g/mol. The third kappa shape index (κ3) is 4.33. The van der Waals surface area contributed by atoms with Crippen molar-refractivity contribution in [1.82, 2.24) is 9.97 Å². The van der Waals surface area contributed by atoms with Gasteiger partial charge in [-0.1, -0.05) is 24.3 Å². The van der Waals surface area contributed by atoms with Crippen LogP contribution in [0.1, 0.15) is 20.7 Å². The molecule has 1 heterocycles. The Bertz CT molecular complexity index is 1470. The maximum absolute atomic E-state index is 11.1. The van der Waals surface area contributed by atoms with Gasteiger partial charge in [0.1, 0.15) is 11.5 Å². The first-order chi connectivity index (χ1) is 16.4. The van der Waals surface area contributed by atoms with Crippen molar-refractivity contribution in [2.45, 2.75) is 0 Å².